The van der Waals surface area contributed by atoms with Crippen LogP contribution >= 0.6 is 0 Å². The highest BCUT2D eigenvalue weighted by Crippen LogP contribution is 2.40. The first kappa shape index (κ1) is 22.5. The zero-order chi connectivity index (χ0) is 24.1. The Kier molecular flexibility index (Phi) is 5.44. The molecule has 1 fully saturated rings. The van der Waals surface area contributed by atoms with Crippen LogP contribution in [0.15, 0.2) is 48.0 Å². The van der Waals surface area contributed by atoms with Gasteiger partial charge in [0.15, 0.2) is 0 Å². The lowest BCUT2D eigenvalue weighted by Crippen LogP contribution is -2.54. The zero-order valence-electron chi connectivity index (χ0n) is 19.3. The Balaban J connectivity index is 1.79. The van der Waals surface area contributed by atoms with E-state index in [-0.39, 0.29) is 16.7 Å². The lowest BCUT2D eigenvalue weighted by atomic mass is 9.87. The summed E-state index contributed by atoms with van der Waals surface area (Å²) in [5, 5.41) is 2.18. The molecule has 4 rings (SSSR count). The van der Waals surface area contributed by atoms with Crippen molar-refractivity contribution >= 4 is 40.9 Å². The van der Waals surface area contributed by atoms with Gasteiger partial charge >= 0.3 is 6.03 Å². The molecule has 7 heteroatoms. The topological polar surface area (TPSA) is 69.7 Å². The molecule has 0 radical (unpaired) electrons. The number of allylic oxidation sites excluding steroid dienone is 1. The van der Waals surface area contributed by atoms with Crippen LogP contribution in [0.25, 0.3) is 11.6 Å². The standard InChI is InChI=1S/C26H26FN3O3/c1-6-29-22-13-21(27)17(11-19(22)16(3)14-26(29,4)5)12-20-23(31)28-25(33)30(24(20)32)18-9-7-15(2)8-10-18/h7-14H,6H2,1-5H3,(H,28,31,33)/b20-12-. The molecule has 2 aromatic carbocycles. The average Bonchev–Trinajstić information content (AvgIpc) is 2.72. The molecule has 2 aromatic rings. The number of halogens is 1. The van der Waals surface area contributed by atoms with E-state index in [1.165, 1.54) is 12.1 Å². The zero-order valence-corrected chi connectivity index (χ0v) is 19.3. The van der Waals surface area contributed by atoms with Gasteiger partial charge in [0.05, 0.1) is 11.2 Å². The lowest BCUT2D eigenvalue weighted by Gasteiger charge is -2.43. The van der Waals surface area contributed by atoms with Crippen LogP contribution in [0.4, 0.5) is 20.6 Å². The number of hydrogen-bond acceptors (Lipinski definition) is 4. The fourth-order valence-corrected chi connectivity index (χ4v) is 4.54. The third-order valence-electron chi connectivity index (χ3n) is 6.11. The summed E-state index contributed by atoms with van der Waals surface area (Å²) >= 11 is 0. The Bertz CT molecular complexity index is 1240. The van der Waals surface area contributed by atoms with Crippen LogP contribution in [0.3, 0.4) is 0 Å². The number of hydrogen-bond donors (Lipinski definition) is 1. The molecule has 0 spiro atoms. The molecule has 1 N–H and O–H groups in total. The number of barbiturate groups is 1. The number of fused-ring (bicyclic) bond motifs is 1. The van der Waals surface area contributed by atoms with Crippen LogP contribution < -0.4 is 15.1 Å². The van der Waals surface area contributed by atoms with Crippen molar-refractivity contribution in [1.29, 1.82) is 0 Å². The van der Waals surface area contributed by atoms with Crippen LogP contribution in [0.5, 0.6) is 0 Å². The SMILES string of the molecule is CCN1c2cc(F)c(/C=C3/C(=O)NC(=O)N(c4ccc(C)cc4)C3=O)cc2C(C)=CC1(C)C. The third kappa shape index (κ3) is 3.84. The predicted molar refractivity (Wildman–Crippen MR) is 127 cm³/mol. The van der Waals surface area contributed by atoms with Gasteiger partial charge in [0.25, 0.3) is 11.8 Å². The van der Waals surface area contributed by atoms with Gasteiger partial charge in [0.2, 0.25) is 0 Å². The van der Waals surface area contributed by atoms with Crippen LogP contribution in [-0.2, 0) is 9.59 Å². The number of imide groups is 2. The highest BCUT2D eigenvalue weighted by molar-refractivity contribution is 6.39. The highest BCUT2D eigenvalue weighted by atomic mass is 19.1. The second-order valence-corrected chi connectivity index (χ2v) is 8.91. The first-order valence-corrected chi connectivity index (χ1v) is 10.8. The van der Waals surface area contributed by atoms with Gasteiger partial charge in [-0.05, 0) is 70.5 Å². The molecule has 0 aliphatic carbocycles. The molecule has 0 atom stereocenters. The smallest absolute Gasteiger partial charge is 0.335 e. The Labute approximate surface area is 192 Å². The molecular weight excluding hydrogens is 421 g/mol. The molecule has 0 saturated carbocycles. The van der Waals surface area contributed by atoms with Crippen molar-refractivity contribution in [3.8, 4) is 0 Å². The molecule has 6 nitrogen and oxygen atoms in total. The Morgan fingerprint density at radius 2 is 1.73 bits per heavy atom. The van der Waals surface area contributed by atoms with E-state index >= 15 is 4.39 Å². The molecule has 2 aliphatic heterocycles. The maximum atomic E-state index is 15.2. The number of aryl methyl sites for hydroxylation is 1. The van der Waals surface area contributed by atoms with E-state index in [1.54, 1.807) is 30.3 Å². The van der Waals surface area contributed by atoms with Gasteiger partial charge in [0, 0.05) is 23.4 Å². The van der Waals surface area contributed by atoms with Crippen LogP contribution in [0.2, 0.25) is 0 Å². The van der Waals surface area contributed by atoms with Crippen molar-refractivity contribution in [2.45, 2.75) is 40.2 Å². The van der Waals surface area contributed by atoms with E-state index in [9.17, 15) is 14.4 Å². The van der Waals surface area contributed by atoms with Gasteiger partial charge in [-0.15, -0.1) is 0 Å². The van der Waals surface area contributed by atoms with Crippen molar-refractivity contribution in [3.63, 3.8) is 0 Å². The van der Waals surface area contributed by atoms with Crippen molar-refractivity contribution in [3.05, 3.63) is 70.6 Å². The Morgan fingerprint density at radius 3 is 2.36 bits per heavy atom. The molecule has 0 bridgehead atoms. The molecule has 2 aliphatic rings. The number of urea groups is 1. The summed E-state index contributed by atoms with van der Waals surface area (Å²) in [7, 11) is 0. The van der Waals surface area contributed by atoms with Crippen molar-refractivity contribution in [2.75, 3.05) is 16.3 Å². The van der Waals surface area contributed by atoms with Gasteiger partial charge < -0.3 is 4.90 Å². The number of amides is 4. The molecule has 170 valence electrons. The molecule has 2 heterocycles. The first-order valence-electron chi connectivity index (χ1n) is 10.8. The van der Waals surface area contributed by atoms with Crippen molar-refractivity contribution < 1.29 is 18.8 Å². The Hall–Kier alpha value is -3.74. The van der Waals surface area contributed by atoms with Crippen molar-refractivity contribution in [2.24, 2.45) is 0 Å². The fourth-order valence-electron chi connectivity index (χ4n) is 4.54. The number of carbonyl (C=O) groups excluding carboxylic acids is 3. The van der Waals surface area contributed by atoms with Crippen LogP contribution in [0.1, 0.15) is 44.4 Å². The molecule has 1 saturated heterocycles. The molecule has 4 amide bonds. The average molecular weight is 448 g/mol. The fraction of sp³-hybridized carbons (Fsp3) is 0.269. The first-order chi connectivity index (χ1) is 15.5. The normalized spacial score (nSPS) is 18.9. The van der Waals surface area contributed by atoms with E-state index in [1.807, 2.05) is 20.8 Å². The molecule has 33 heavy (non-hydrogen) atoms. The van der Waals surface area contributed by atoms with E-state index in [4.69, 9.17) is 0 Å². The summed E-state index contributed by atoms with van der Waals surface area (Å²) < 4.78 is 15.2. The number of benzene rings is 2. The summed E-state index contributed by atoms with van der Waals surface area (Å²) in [6.07, 6.45) is 3.33. The van der Waals surface area contributed by atoms with Gasteiger partial charge in [-0.3, -0.25) is 14.9 Å². The molecule has 0 aromatic heterocycles. The van der Waals surface area contributed by atoms with Crippen LogP contribution in [-0.4, -0.2) is 29.9 Å². The maximum absolute atomic E-state index is 15.2. The number of nitrogens with one attached hydrogen (secondary N) is 1. The van der Waals surface area contributed by atoms with Gasteiger partial charge in [0.1, 0.15) is 11.4 Å². The minimum absolute atomic E-state index is 0.106. The van der Waals surface area contributed by atoms with E-state index < -0.39 is 23.7 Å². The quantitative estimate of drug-likeness (QED) is 0.541. The maximum Gasteiger partial charge on any atom is 0.335 e. The second-order valence-electron chi connectivity index (χ2n) is 8.91. The predicted octanol–water partition coefficient (Wildman–Crippen LogP) is 4.82. The van der Waals surface area contributed by atoms with Gasteiger partial charge in [-0.2, -0.15) is 0 Å². The summed E-state index contributed by atoms with van der Waals surface area (Å²) in [4.78, 5) is 41.0. The van der Waals surface area contributed by atoms with Gasteiger partial charge in [-0.25, -0.2) is 14.1 Å². The van der Waals surface area contributed by atoms with Gasteiger partial charge in [-0.1, -0.05) is 23.8 Å². The number of anilines is 2. The number of likely N-dealkylation sites (N-methyl/N-ethyl adjacent to an activating group) is 1. The summed E-state index contributed by atoms with van der Waals surface area (Å²) in [5.41, 5.74) is 3.39. The number of carbonyl (C=O) groups is 3. The molecule has 0 unspecified atom stereocenters. The number of nitrogens with zero attached hydrogens (tertiary/aromatic N) is 2. The summed E-state index contributed by atoms with van der Waals surface area (Å²) in [5.74, 6) is -2.20. The number of rotatable bonds is 3. The Morgan fingerprint density at radius 1 is 1.06 bits per heavy atom. The summed E-state index contributed by atoms with van der Waals surface area (Å²) in [6.45, 7) is 10.7. The lowest BCUT2D eigenvalue weighted by molar-refractivity contribution is -0.122. The van der Waals surface area contributed by atoms with E-state index in [0.29, 0.717) is 12.2 Å². The minimum atomic E-state index is -0.853. The molecular formula is C26H26FN3O3. The third-order valence-corrected chi connectivity index (χ3v) is 6.11. The highest BCUT2D eigenvalue weighted by Gasteiger charge is 2.37. The monoisotopic (exact) mass is 447 g/mol. The van der Waals surface area contributed by atoms with E-state index in [2.05, 4.69) is 30.1 Å². The summed E-state index contributed by atoms with van der Waals surface area (Å²) in [6, 6.07) is 9.01. The largest absolute Gasteiger partial charge is 0.363 e. The minimum Gasteiger partial charge on any atom is -0.363 e. The van der Waals surface area contributed by atoms with Crippen LogP contribution in [0, 0.1) is 12.7 Å². The van der Waals surface area contributed by atoms with E-state index in [0.717, 1.165) is 27.3 Å². The van der Waals surface area contributed by atoms with Crippen molar-refractivity contribution in [1.82, 2.24) is 5.32 Å². The second kappa shape index (κ2) is 7.99.